The Morgan fingerprint density at radius 3 is 2.73 bits per heavy atom. The molecule has 2 N–H and O–H groups in total. The van der Waals surface area contributed by atoms with E-state index in [1.54, 1.807) is 31.1 Å². The summed E-state index contributed by atoms with van der Waals surface area (Å²) in [5.41, 5.74) is 1.18. The Bertz CT molecular complexity index is 1020. The smallest absolute Gasteiger partial charge is 0.328 e. The van der Waals surface area contributed by atoms with E-state index in [0.29, 0.717) is 24.5 Å². The number of nitrogens with one attached hydrogen (secondary N) is 1. The Morgan fingerprint density at radius 2 is 2.12 bits per heavy atom. The maximum Gasteiger partial charge on any atom is 0.328 e. The summed E-state index contributed by atoms with van der Waals surface area (Å²) >= 11 is 6.39. The highest BCUT2D eigenvalue weighted by Crippen LogP contribution is 2.24. The average molecular weight is 479 g/mol. The first-order valence-electron chi connectivity index (χ1n) is 10.5. The molecular weight excluding hydrogens is 452 g/mol. The second-order valence-electron chi connectivity index (χ2n) is 8.04. The van der Waals surface area contributed by atoms with E-state index in [1.807, 2.05) is 0 Å². The summed E-state index contributed by atoms with van der Waals surface area (Å²) in [5, 5.41) is 20.0. The number of carbonyl (C=O) groups is 3. The normalized spacial score (nSPS) is 16.3. The molecule has 11 nitrogen and oxygen atoms in total. The molecule has 3 rings (SSSR count). The van der Waals surface area contributed by atoms with Crippen LogP contribution < -0.4 is 5.32 Å². The topological polar surface area (TPSA) is 130 Å². The van der Waals surface area contributed by atoms with Crippen LogP contribution in [0.3, 0.4) is 0 Å². The molecule has 178 valence electrons. The Balaban J connectivity index is 1.81. The highest BCUT2D eigenvalue weighted by molar-refractivity contribution is 6.34. The molecule has 0 radical (unpaired) electrons. The van der Waals surface area contributed by atoms with Gasteiger partial charge < -0.3 is 25.0 Å². The minimum Gasteiger partial charge on any atom is -0.480 e. The predicted octanol–water partition coefficient (Wildman–Crippen LogP) is 2.49. The number of aliphatic carboxylic acids is 1. The summed E-state index contributed by atoms with van der Waals surface area (Å²) in [5.74, 6) is -1.37. The lowest BCUT2D eigenvalue weighted by Gasteiger charge is -2.25. The zero-order valence-corrected chi connectivity index (χ0v) is 19.4. The highest BCUT2D eigenvalue weighted by atomic mass is 35.5. The number of anilines is 1. The number of hydrogen-bond acceptors (Lipinski definition) is 6. The number of hydrogen-bond donors (Lipinski definition) is 2. The zero-order valence-electron chi connectivity index (χ0n) is 18.7. The minimum atomic E-state index is -1.04. The van der Waals surface area contributed by atoms with Crippen molar-refractivity contribution in [3.63, 3.8) is 0 Å². The van der Waals surface area contributed by atoms with Crippen LogP contribution in [0.15, 0.2) is 24.4 Å². The molecule has 1 aliphatic rings. The number of urea groups is 1. The molecule has 0 bridgehead atoms. The number of aromatic nitrogens is 3. The fraction of sp³-hybridized carbons (Fsp3) is 0.476. The number of rotatable bonds is 8. The lowest BCUT2D eigenvalue weighted by Crippen LogP contribution is -2.37. The molecule has 1 fully saturated rings. The van der Waals surface area contributed by atoms with Crippen LogP contribution in [0.2, 0.25) is 5.02 Å². The van der Waals surface area contributed by atoms with Crippen molar-refractivity contribution in [2.75, 3.05) is 32.6 Å². The fourth-order valence-corrected chi connectivity index (χ4v) is 3.57. The van der Waals surface area contributed by atoms with E-state index >= 15 is 0 Å². The van der Waals surface area contributed by atoms with Gasteiger partial charge in [0.15, 0.2) is 0 Å². The Hall–Kier alpha value is -3.18. The maximum absolute atomic E-state index is 13.4. The summed E-state index contributed by atoms with van der Waals surface area (Å²) in [7, 11) is 3.23. The molecule has 1 aromatic carbocycles. The molecule has 2 heterocycles. The van der Waals surface area contributed by atoms with Gasteiger partial charge in [0.2, 0.25) is 0 Å². The van der Waals surface area contributed by atoms with E-state index in [2.05, 4.69) is 15.6 Å². The van der Waals surface area contributed by atoms with Crippen molar-refractivity contribution in [1.82, 2.24) is 24.8 Å². The number of nitrogens with zero attached hydrogens (tertiary/aromatic N) is 5. The third-order valence-corrected chi connectivity index (χ3v) is 5.57. The van der Waals surface area contributed by atoms with Gasteiger partial charge in [0.05, 0.1) is 29.4 Å². The van der Waals surface area contributed by atoms with Crippen molar-refractivity contribution < 1.29 is 24.2 Å². The van der Waals surface area contributed by atoms with E-state index in [1.165, 1.54) is 28.8 Å². The molecule has 0 spiro atoms. The largest absolute Gasteiger partial charge is 0.480 e. The molecule has 0 aliphatic carbocycles. The van der Waals surface area contributed by atoms with Crippen LogP contribution in [-0.4, -0.2) is 81.2 Å². The highest BCUT2D eigenvalue weighted by Gasteiger charge is 2.26. The van der Waals surface area contributed by atoms with Crippen molar-refractivity contribution in [3.8, 4) is 0 Å². The second kappa shape index (κ2) is 10.6. The van der Waals surface area contributed by atoms with Crippen LogP contribution in [0, 0.1) is 0 Å². The maximum atomic E-state index is 13.4. The zero-order chi connectivity index (χ0) is 24.1. The lowest BCUT2D eigenvalue weighted by atomic mass is 10.1. The monoisotopic (exact) mass is 478 g/mol. The summed E-state index contributed by atoms with van der Waals surface area (Å²) in [4.78, 5) is 39.4. The molecule has 12 heteroatoms. The number of benzene rings is 1. The van der Waals surface area contributed by atoms with Gasteiger partial charge in [-0.2, -0.15) is 0 Å². The van der Waals surface area contributed by atoms with Gasteiger partial charge in [0.1, 0.15) is 11.7 Å². The van der Waals surface area contributed by atoms with Crippen LogP contribution in [-0.2, 0) is 16.1 Å². The summed E-state index contributed by atoms with van der Waals surface area (Å²) in [6.07, 6.45) is 3.14. The fourth-order valence-electron chi connectivity index (χ4n) is 3.31. The Labute approximate surface area is 196 Å². The summed E-state index contributed by atoms with van der Waals surface area (Å²) < 4.78 is 6.94. The molecular formula is C21H27ClN6O5. The van der Waals surface area contributed by atoms with Crippen molar-refractivity contribution in [3.05, 3.63) is 40.7 Å². The summed E-state index contributed by atoms with van der Waals surface area (Å²) in [6.45, 7) is 2.57. The average Bonchev–Trinajstić information content (AvgIpc) is 3.44. The van der Waals surface area contributed by atoms with Crippen molar-refractivity contribution in [2.24, 2.45) is 0 Å². The minimum absolute atomic E-state index is 0.112. The van der Waals surface area contributed by atoms with E-state index in [-0.39, 0.29) is 35.2 Å². The van der Waals surface area contributed by atoms with Gasteiger partial charge in [-0.15, -0.1) is 5.10 Å². The van der Waals surface area contributed by atoms with E-state index in [4.69, 9.17) is 16.3 Å². The lowest BCUT2D eigenvalue weighted by molar-refractivity contribution is -0.140. The number of carboxylic acid groups (broad SMARTS) is 1. The first kappa shape index (κ1) is 24.5. The van der Waals surface area contributed by atoms with Gasteiger partial charge in [0.25, 0.3) is 5.91 Å². The van der Waals surface area contributed by atoms with Gasteiger partial charge in [0, 0.05) is 32.9 Å². The standard InChI is InChI=1S/C21H27ClN6O5/c1-13(20(30)31)28-11-15(24-25-28)10-27(12-16-5-4-8-33-16)19(29)17-7-6-14(9-18(17)22)23-21(32)26(2)3/h6-7,9,11,13,16H,4-5,8,10,12H2,1-3H3,(H,23,32)(H,30,31). The van der Waals surface area contributed by atoms with Gasteiger partial charge in [-0.3, -0.25) is 4.79 Å². The van der Waals surface area contributed by atoms with Crippen LogP contribution in [0.5, 0.6) is 0 Å². The van der Waals surface area contributed by atoms with Gasteiger partial charge in [-0.25, -0.2) is 14.3 Å². The molecule has 0 saturated carbocycles. The van der Waals surface area contributed by atoms with Crippen LogP contribution >= 0.6 is 11.6 Å². The van der Waals surface area contributed by atoms with Gasteiger partial charge in [-0.1, -0.05) is 16.8 Å². The second-order valence-corrected chi connectivity index (χ2v) is 8.45. The first-order chi connectivity index (χ1) is 15.7. The number of carboxylic acids is 1. The van der Waals surface area contributed by atoms with Crippen LogP contribution in [0.4, 0.5) is 10.5 Å². The summed E-state index contributed by atoms with van der Waals surface area (Å²) in [6, 6.07) is 3.49. The first-order valence-corrected chi connectivity index (χ1v) is 10.9. The molecule has 1 saturated heterocycles. The molecule has 2 aromatic rings. The predicted molar refractivity (Wildman–Crippen MR) is 120 cm³/mol. The van der Waals surface area contributed by atoms with Gasteiger partial charge in [-0.05, 0) is 38.0 Å². The van der Waals surface area contributed by atoms with E-state index < -0.39 is 12.0 Å². The number of amides is 3. The SMILES string of the molecule is CC(C(=O)O)n1cc(CN(CC2CCCO2)C(=O)c2ccc(NC(=O)N(C)C)cc2Cl)nn1. The third-order valence-electron chi connectivity index (χ3n) is 5.26. The van der Waals surface area contributed by atoms with E-state index in [0.717, 1.165) is 12.8 Å². The Kier molecular flexibility index (Phi) is 7.88. The molecule has 1 aromatic heterocycles. The van der Waals surface area contributed by atoms with Crippen LogP contribution in [0.25, 0.3) is 0 Å². The number of ether oxygens (including phenoxy) is 1. The van der Waals surface area contributed by atoms with E-state index in [9.17, 15) is 19.5 Å². The van der Waals surface area contributed by atoms with Crippen LogP contribution in [0.1, 0.15) is 41.9 Å². The third kappa shape index (κ3) is 6.20. The molecule has 2 unspecified atom stereocenters. The van der Waals surface area contributed by atoms with Gasteiger partial charge >= 0.3 is 12.0 Å². The molecule has 2 atom stereocenters. The number of carbonyl (C=O) groups excluding carboxylic acids is 2. The quantitative estimate of drug-likeness (QED) is 0.596. The molecule has 33 heavy (non-hydrogen) atoms. The van der Waals surface area contributed by atoms with Crippen molar-refractivity contribution in [2.45, 2.75) is 38.5 Å². The van der Waals surface area contributed by atoms with Crippen molar-refractivity contribution >= 4 is 35.2 Å². The van der Waals surface area contributed by atoms with Crippen molar-refractivity contribution in [1.29, 1.82) is 0 Å². The molecule has 3 amide bonds. The molecule has 1 aliphatic heterocycles. The number of halogens is 1. The Morgan fingerprint density at radius 1 is 1.36 bits per heavy atom.